The van der Waals surface area contributed by atoms with Crippen LogP contribution in [0.4, 0.5) is 0 Å². The van der Waals surface area contributed by atoms with Crippen molar-refractivity contribution < 1.29 is 5.11 Å². The number of nitrogens with zero attached hydrogens (tertiary/aromatic N) is 2. The molecule has 0 fully saturated rings. The lowest BCUT2D eigenvalue weighted by Crippen LogP contribution is -2.08. The summed E-state index contributed by atoms with van der Waals surface area (Å²) in [6.45, 7) is 4.94. The van der Waals surface area contributed by atoms with Crippen LogP contribution in [0.2, 0.25) is 5.02 Å². The number of rotatable bonds is 5. The highest BCUT2D eigenvalue weighted by molar-refractivity contribution is 9.10. The average Bonchev–Trinajstić information content (AvgIpc) is 2.84. The smallest absolute Gasteiger partial charge is 0.0845 e. The zero-order chi connectivity index (χ0) is 14.7. The fraction of sp³-hybridized carbons (Fsp3) is 0.400. The van der Waals surface area contributed by atoms with Gasteiger partial charge in [0.25, 0.3) is 0 Å². The molecule has 2 rings (SSSR count). The van der Waals surface area contributed by atoms with Crippen LogP contribution in [0.1, 0.15) is 36.9 Å². The molecular weight excluding hydrogens is 340 g/mol. The van der Waals surface area contributed by atoms with E-state index in [4.69, 9.17) is 11.6 Å². The first-order valence-corrected chi connectivity index (χ1v) is 7.90. The second-order valence-corrected chi connectivity index (χ2v) is 5.95. The van der Waals surface area contributed by atoms with Gasteiger partial charge in [-0.2, -0.15) is 5.10 Å². The highest BCUT2D eigenvalue weighted by Gasteiger charge is 2.14. The maximum absolute atomic E-state index is 10.4. The third-order valence-electron chi connectivity index (χ3n) is 3.31. The molecule has 0 aliphatic heterocycles. The Morgan fingerprint density at radius 3 is 2.70 bits per heavy atom. The van der Waals surface area contributed by atoms with Gasteiger partial charge in [-0.15, -0.1) is 0 Å². The van der Waals surface area contributed by atoms with Crippen LogP contribution >= 0.6 is 27.5 Å². The van der Waals surface area contributed by atoms with E-state index >= 15 is 0 Å². The van der Waals surface area contributed by atoms with Crippen molar-refractivity contribution in [1.82, 2.24) is 9.78 Å². The monoisotopic (exact) mass is 356 g/mol. The molecule has 1 aromatic carbocycles. The van der Waals surface area contributed by atoms with Crippen LogP contribution in [0.3, 0.4) is 0 Å². The van der Waals surface area contributed by atoms with Gasteiger partial charge in [-0.05, 0) is 53.0 Å². The molecule has 1 heterocycles. The van der Waals surface area contributed by atoms with Crippen molar-refractivity contribution in [3.05, 3.63) is 50.7 Å². The SMILES string of the molecule is CCc1cc(CC(O)c2ccc(Br)c(Cl)c2)n(CC)n1. The zero-order valence-electron chi connectivity index (χ0n) is 11.6. The lowest BCUT2D eigenvalue weighted by atomic mass is 10.0. The third-order valence-corrected chi connectivity index (χ3v) is 4.54. The van der Waals surface area contributed by atoms with Gasteiger partial charge in [-0.25, -0.2) is 0 Å². The van der Waals surface area contributed by atoms with E-state index in [0.717, 1.165) is 34.4 Å². The van der Waals surface area contributed by atoms with E-state index in [-0.39, 0.29) is 0 Å². The van der Waals surface area contributed by atoms with Crippen LogP contribution in [-0.4, -0.2) is 14.9 Å². The van der Waals surface area contributed by atoms with E-state index < -0.39 is 6.10 Å². The molecule has 108 valence electrons. The van der Waals surface area contributed by atoms with E-state index in [1.54, 1.807) is 6.07 Å². The minimum Gasteiger partial charge on any atom is -0.388 e. The maximum atomic E-state index is 10.4. The summed E-state index contributed by atoms with van der Waals surface area (Å²) in [5.41, 5.74) is 2.93. The Balaban J connectivity index is 2.20. The van der Waals surface area contributed by atoms with Crippen LogP contribution in [0.5, 0.6) is 0 Å². The van der Waals surface area contributed by atoms with Gasteiger partial charge in [0.2, 0.25) is 0 Å². The van der Waals surface area contributed by atoms with Gasteiger partial charge in [0.1, 0.15) is 0 Å². The Labute approximate surface area is 132 Å². The number of aromatic nitrogens is 2. The summed E-state index contributed by atoms with van der Waals surface area (Å²) in [6, 6.07) is 7.60. The summed E-state index contributed by atoms with van der Waals surface area (Å²) in [7, 11) is 0. The highest BCUT2D eigenvalue weighted by Crippen LogP contribution is 2.27. The van der Waals surface area contributed by atoms with Crippen molar-refractivity contribution in [3.63, 3.8) is 0 Å². The van der Waals surface area contributed by atoms with Gasteiger partial charge in [-0.3, -0.25) is 4.68 Å². The highest BCUT2D eigenvalue weighted by atomic mass is 79.9. The Morgan fingerprint density at radius 2 is 2.10 bits per heavy atom. The molecule has 1 N–H and O–H groups in total. The van der Waals surface area contributed by atoms with Gasteiger partial charge >= 0.3 is 0 Å². The molecule has 0 bridgehead atoms. The number of aliphatic hydroxyl groups is 1. The van der Waals surface area contributed by atoms with E-state index in [1.165, 1.54) is 0 Å². The van der Waals surface area contributed by atoms with Crippen molar-refractivity contribution in [2.75, 3.05) is 0 Å². The molecule has 0 spiro atoms. The van der Waals surface area contributed by atoms with Gasteiger partial charge in [0, 0.05) is 23.1 Å². The minimum absolute atomic E-state index is 0.540. The number of hydrogen-bond acceptors (Lipinski definition) is 2. The number of hydrogen-bond donors (Lipinski definition) is 1. The van der Waals surface area contributed by atoms with Gasteiger partial charge < -0.3 is 5.11 Å². The van der Waals surface area contributed by atoms with Crippen LogP contribution in [0.25, 0.3) is 0 Å². The van der Waals surface area contributed by atoms with Crippen LogP contribution in [0, 0.1) is 0 Å². The second kappa shape index (κ2) is 6.74. The molecule has 1 unspecified atom stereocenters. The Hall–Kier alpha value is -0.840. The first kappa shape index (κ1) is 15.5. The molecule has 20 heavy (non-hydrogen) atoms. The predicted octanol–water partition coefficient (Wildman–Crippen LogP) is 4.16. The van der Waals surface area contributed by atoms with E-state index in [2.05, 4.69) is 40.9 Å². The molecule has 0 amide bonds. The quantitative estimate of drug-likeness (QED) is 0.872. The normalized spacial score (nSPS) is 12.7. The van der Waals surface area contributed by atoms with Gasteiger partial charge in [0.05, 0.1) is 16.8 Å². The lowest BCUT2D eigenvalue weighted by Gasteiger charge is -2.12. The Bertz CT molecular complexity index is 598. The third kappa shape index (κ3) is 3.43. The first-order chi connectivity index (χ1) is 9.55. The first-order valence-electron chi connectivity index (χ1n) is 6.73. The van der Waals surface area contributed by atoms with Crippen LogP contribution < -0.4 is 0 Å². The fourth-order valence-electron chi connectivity index (χ4n) is 2.16. The summed E-state index contributed by atoms with van der Waals surface area (Å²) >= 11 is 9.42. The molecular formula is C15H18BrClN2O. The minimum atomic E-state index is -0.577. The van der Waals surface area contributed by atoms with Crippen molar-refractivity contribution in [3.8, 4) is 0 Å². The number of benzene rings is 1. The van der Waals surface area contributed by atoms with Crippen molar-refractivity contribution in [2.24, 2.45) is 0 Å². The zero-order valence-corrected chi connectivity index (χ0v) is 13.9. The number of aryl methyl sites for hydroxylation is 2. The maximum Gasteiger partial charge on any atom is 0.0845 e. The largest absolute Gasteiger partial charge is 0.388 e. The summed E-state index contributed by atoms with van der Waals surface area (Å²) < 4.78 is 2.78. The van der Waals surface area contributed by atoms with E-state index in [1.807, 2.05) is 16.8 Å². The van der Waals surface area contributed by atoms with E-state index in [9.17, 15) is 5.11 Å². The molecule has 2 aromatic rings. The summed E-state index contributed by atoms with van der Waals surface area (Å²) in [5.74, 6) is 0. The molecule has 1 atom stereocenters. The summed E-state index contributed by atoms with van der Waals surface area (Å²) in [5, 5.41) is 15.5. The van der Waals surface area contributed by atoms with Crippen LogP contribution in [-0.2, 0) is 19.4 Å². The molecule has 0 aliphatic rings. The fourth-order valence-corrected chi connectivity index (χ4v) is 2.60. The van der Waals surface area contributed by atoms with Gasteiger partial charge in [0.15, 0.2) is 0 Å². The van der Waals surface area contributed by atoms with E-state index in [0.29, 0.717) is 11.4 Å². The molecule has 0 saturated carbocycles. The second-order valence-electron chi connectivity index (χ2n) is 4.69. The average molecular weight is 358 g/mol. The Kier molecular flexibility index (Phi) is 5.24. The molecule has 0 aliphatic carbocycles. The number of aliphatic hydroxyl groups excluding tert-OH is 1. The Morgan fingerprint density at radius 1 is 1.35 bits per heavy atom. The van der Waals surface area contributed by atoms with Gasteiger partial charge in [-0.1, -0.05) is 24.6 Å². The summed E-state index contributed by atoms with van der Waals surface area (Å²) in [4.78, 5) is 0. The molecule has 5 heteroatoms. The standard InChI is InChI=1S/C15H18BrClN2O/c1-3-11-8-12(19(4-2)18-11)9-15(20)10-5-6-13(16)14(17)7-10/h5-8,15,20H,3-4,9H2,1-2H3. The van der Waals surface area contributed by atoms with Crippen molar-refractivity contribution in [2.45, 2.75) is 39.3 Å². The van der Waals surface area contributed by atoms with Crippen LogP contribution in [0.15, 0.2) is 28.7 Å². The topological polar surface area (TPSA) is 38.0 Å². The van der Waals surface area contributed by atoms with Crippen molar-refractivity contribution >= 4 is 27.5 Å². The molecule has 0 saturated heterocycles. The molecule has 0 radical (unpaired) electrons. The predicted molar refractivity (Wildman–Crippen MR) is 85.1 cm³/mol. The molecule has 3 nitrogen and oxygen atoms in total. The lowest BCUT2D eigenvalue weighted by molar-refractivity contribution is 0.175. The van der Waals surface area contributed by atoms with Crippen molar-refractivity contribution in [1.29, 1.82) is 0 Å². The number of halogens is 2. The summed E-state index contributed by atoms with van der Waals surface area (Å²) in [6.07, 6.45) is 0.867. The molecule has 1 aromatic heterocycles.